The fraction of sp³-hybridized carbons (Fsp3) is 0. The normalized spacial score (nSPS) is 11.9. The van der Waals surface area contributed by atoms with Gasteiger partial charge in [-0.2, -0.15) is 0 Å². The molecule has 0 saturated heterocycles. The zero-order valence-corrected chi connectivity index (χ0v) is 26.5. The molecule has 0 nitrogen and oxygen atoms in total. The Morgan fingerprint density at radius 1 is 0.239 bits per heavy atom. The van der Waals surface area contributed by atoms with Crippen molar-refractivity contribution in [1.29, 1.82) is 0 Å². The molecule has 0 saturated carbocycles. The quantitative estimate of drug-likeness (QED) is 0.136. The molecular weight excluding hydrogens is 593 g/mol. The van der Waals surface area contributed by atoms with Crippen LogP contribution < -0.4 is 0 Å². The lowest BCUT2D eigenvalue weighted by Crippen LogP contribution is -1.81. The molecule has 10 aromatic rings. The van der Waals surface area contributed by atoms with Crippen molar-refractivity contribution in [2.24, 2.45) is 0 Å². The van der Waals surface area contributed by atoms with Crippen LogP contribution in [0.2, 0.25) is 0 Å². The molecule has 0 bridgehead atoms. The standard InChI is InChI=1S/C44H26S2/c1-3-7-37-27(5-1)9-13-31-21-35-23-33(15-11-29(35)25-39(31)37)41-17-19-43(45-41)44-20-18-42(46-44)34-16-12-30-26-40-32(22-36(30)24-34)14-10-28-6-2-4-8-38(28)40/h1-26H. The summed E-state index contributed by atoms with van der Waals surface area (Å²) < 4.78 is 0. The average Bonchev–Trinajstić information content (AvgIpc) is 3.80. The minimum absolute atomic E-state index is 1.27. The first-order chi connectivity index (χ1) is 22.7. The van der Waals surface area contributed by atoms with Gasteiger partial charge in [0.25, 0.3) is 0 Å². The smallest absolute Gasteiger partial charge is 0.0449 e. The van der Waals surface area contributed by atoms with Crippen molar-refractivity contribution in [3.8, 4) is 30.6 Å². The lowest BCUT2D eigenvalue weighted by Gasteiger charge is -2.08. The van der Waals surface area contributed by atoms with Gasteiger partial charge in [0.1, 0.15) is 0 Å². The van der Waals surface area contributed by atoms with Gasteiger partial charge < -0.3 is 0 Å². The summed E-state index contributed by atoms with van der Waals surface area (Å²) in [6.45, 7) is 0. The van der Waals surface area contributed by atoms with Gasteiger partial charge in [-0.1, -0.05) is 97.1 Å². The monoisotopic (exact) mass is 618 g/mol. The van der Waals surface area contributed by atoms with E-state index in [0.717, 1.165) is 0 Å². The third kappa shape index (κ3) is 4.19. The third-order valence-corrected chi connectivity index (χ3v) is 11.9. The van der Waals surface area contributed by atoms with Crippen molar-refractivity contribution in [2.75, 3.05) is 0 Å². The first kappa shape index (κ1) is 26.0. The lowest BCUT2D eigenvalue weighted by atomic mass is 9.97. The summed E-state index contributed by atoms with van der Waals surface area (Å²) >= 11 is 3.75. The van der Waals surface area contributed by atoms with Gasteiger partial charge in [0.2, 0.25) is 0 Å². The van der Waals surface area contributed by atoms with E-state index in [1.807, 2.05) is 22.7 Å². The molecule has 2 heterocycles. The topological polar surface area (TPSA) is 0 Å². The second-order valence-electron chi connectivity index (χ2n) is 12.2. The summed E-state index contributed by atoms with van der Waals surface area (Å²) in [5, 5.41) is 15.6. The largest absolute Gasteiger partial charge is 0.134 e. The Balaban J connectivity index is 0.974. The summed E-state index contributed by atoms with van der Waals surface area (Å²) in [4.78, 5) is 5.23. The van der Waals surface area contributed by atoms with Crippen molar-refractivity contribution >= 4 is 87.3 Å². The van der Waals surface area contributed by atoms with Crippen LogP contribution in [0.25, 0.3) is 95.3 Å². The van der Waals surface area contributed by atoms with Crippen molar-refractivity contribution in [3.05, 3.63) is 158 Å². The van der Waals surface area contributed by atoms with Gasteiger partial charge in [-0.15, -0.1) is 22.7 Å². The van der Waals surface area contributed by atoms with Gasteiger partial charge in [-0.05, 0) is 136 Å². The summed E-state index contributed by atoms with van der Waals surface area (Å²) in [6, 6.07) is 58.6. The molecule has 0 amide bonds. The molecule has 0 aliphatic carbocycles. The molecule has 2 heteroatoms. The van der Waals surface area contributed by atoms with Gasteiger partial charge in [0.15, 0.2) is 0 Å². The van der Waals surface area contributed by atoms with Crippen LogP contribution >= 0.6 is 22.7 Å². The highest BCUT2D eigenvalue weighted by molar-refractivity contribution is 7.25. The molecule has 0 atom stereocenters. The van der Waals surface area contributed by atoms with E-state index in [9.17, 15) is 0 Å². The van der Waals surface area contributed by atoms with Gasteiger partial charge in [0, 0.05) is 19.5 Å². The maximum atomic E-state index is 2.35. The Kier molecular flexibility index (Phi) is 5.72. The van der Waals surface area contributed by atoms with Crippen LogP contribution in [0.15, 0.2) is 158 Å². The predicted octanol–water partition coefficient (Wildman–Crippen LogP) is 13.7. The molecule has 10 rings (SSSR count). The number of fused-ring (bicyclic) bond motifs is 8. The van der Waals surface area contributed by atoms with Crippen molar-refractivity contribution < 1.29 is 0 Å². The van der Waals surface area contributed by atoms with E-state index in [0.29, 0.717) is 0 Å². The molecule has 0 spiro atoms. The molecule has 214 valence electrons. The van der Waals surface area contributed by atoms with Gasteiger partial charge in [-0.25, -0.2) is 0 Å². The average molecular weight is 619 g/mol. The van der Waals surface area contributed by atoms with Crippen LogP contribution in [-0.2, 0) is 0 Å². The number of hydrogen-bond donors (Lipinski definition) is 0. The van der Waals surface area contributed by atoms with Crippen LogP contribution in [0.3, 0.4) is 0 Å². The second kappa shape index (κ2) is 10.1. The first-order valence-corrected chi connectivity index (χ1v) is 17.3. The highest BCUT2D eigenvalue weighted by atomic mass is 32.1. The molecule has 0 aliphatic heterocycles. The lowest BCUT2D eigenvalue weighted by molar-refractivity contribution is 1.76. The number of thiophene rings is 2. The first-order valence-electron chi connectivity index (χ1n) is 15.6. The minimum atomic E-state index is 1.27. The Morgan fingerprint density at radius 2 is 0.652 bits per heavy atom. The summed E-state index contributed by atoms with van der Waals surface area (Å²) in [5.41, 5.74) is 2.55. The van der Waals surface area contributed by atoms with Crippen molar-refractivity contribution in [3.63, 3.8) is 0 Å². The van der Waals surface area contributed by atoms with Gasteiger partial charge >= 0.3 is 0 Å². The summed E-state index contributed by atoms with van der Waals surface area (Å²) in [7, 11) is 0. The molecule has 0 radical (unpaired) electrons. The highest BCUT2D eigenvalue weighted by Crippen LogP contribution is 2.42. The minimum Gasteiger partial charge on any atom is -0.134 e. The SMILES string of the molecule is c1ccc2c(c1)ccc1cc3cc(-c4ccc(-c5ccc(-c6ccc7cc8c(ccc9ccccc98)cc7c6)s5)s4)ccc3cc12. The number of rotatable bonds is 3. The maximum absolute atomic E-state index is 2.35. The van der Waals surface area contributed by atoms with Crippen LogP contribution in [0.5, 0.6) is 0 Å². The Hall–Kier alpha value is -5.28. The Bertz CT molecular complexity index is 2620. The van der Waals surface area contributed by atoms with E-state index in [4.69, 9.17) is 0 Å². The zero-order chi connectivity index (χ0) is 30.2. The number of hydrogen-bond acceptors (Lipinski definition) is 2. The van der Waals surface area contributed by atoms with E-state index in [2.05, 4.69) is 158 Å². The van der Waals surface area contributed by atoms with Gasteiger partial charge in [0.05, 0.1) is 0 Å². The van der Waals surface area contributed by atoms with Crippen LogP contribution in [0, 0.1) is 0 Å². The van der Waals surface area contributed by atoms with Gasteiger partial charge in [-0.3, -0.25) is 0 Å². The van der Waals surface area contributed by atoms with Crippen molar-refractivity contribution in [2.45, 2.75) is 0 Å². The van der Waals surface area contributed by atoms with Crippen molar-refractivity contribution in [1.82, 2.24) is 0 Å². The van der Waals surface area contributed by atoms with Crippen LogP contribution in [0.4, 0.5) is 0 Å². The molecule has 0 aliphatic rings. The van der Waals surface area contributed by atoms with E-state index in [1.165, 1.54) is 95.3 Å². The predicted molar refractivity (Wildman–Crippen MR) is 204 cm³/mol. The van der Waals surface area contributed by atoms with E-state index in [-0.39, 0.29) is 0 Å². The molecule has 8 aromatic carbocycles. The third-order valence-electron chi connectivity index (χ3n) is 9.43. The summed E-state index contributed by atoms with van der Waals surface area (Å²) in [6.07, 6.45) is 0. The molecule has 2 aromatic heterocycles. The van der Waals surface area contributed by atoms with Crippen LogP contribution in [-0.4, -0.2) is 0 Å². The van der Waals surface area contributed by atoms with Crippen LogP contribution in [0.1, 0.15) is 0 Å². The van der Waals surface area contributed by atoms with E-state index < -0.39 is 0 Å². The maximum Gasteiger partial charge on any atom is 0.0449 e. The zero-order valence-electron chi connectivity index (χ0n) is 24.8. The highest BCUT2D eigenvalue weighted by Gasteiger charge is 2.12. The van der Waals surface area contributed by atoms with E-state index >= 15 is 0 Å². The second-order valence-corrected chi connectivity index (χ2v) is 14.3. The fourth-order valence-corrected chi connectivity index (χ4v) is 9.16. The molecule has 0 fully saturated rings. The molecular formula is C44H26S2. The molecule has 0 N–H and O–H groups in total. The number of benzene rings is 8. The fourth-order valence-electron chi connectivity index (χ4n) is 7.06. The Morgan fingerprint density at radius 3 is 1.15 bits per heavy atom. The molecule has 46 heavy (non-hydrogen) atoms. The molecule has 0 unspecified atom stereocenters. The van der Waals surface area contributed by atoms with E-state index in [1.54, 1.807) is 0 Å². The summed E-state index contributed by atoms with van der Waals surface area (Å²) in [5.74, 6) is 0. The Labute approximate surface area is 274 Å².